The van der Waals surface area contributed by atoms with Crippen molar-refractivity contribution in [3.8, 4) is 0 Å². The van der Waals surface area contributed by atoms with Gasteiger partial charge in [-0.1, -0.05) is 50.6 Å². The number of aromatic nitrogens is 2. The first kappa shape index (κ1) is 27.5. The van der Waals surface area contributed by atoms with Crippen LogP contribution in [0.4, 0.5) is 0 Å². The molecule has 1 aromatic carbocycles. The summed E-state index contributed by atoms with van der Waals surface area (Å²) in [5.41, 5.74) is 7.36. The molecule has 11 heteroatoms. The summed E-state index contributed by atoms with van der Waals surface area (Å²) in [6, 6.07) is 4.85. The van der Waals surface area contributed by atoms with E-state index < -0.39 is 47.9 Å². The van der Waals surface area contributed by atoms with Crippen molar-refractivity contribution in [3.05, 3.63) is 54.1 Å². The third-order valence-electron chi connectivity index (χ3n) is 5.82. The minimum absolute atomic E-state index is 0.0897. The topological polar surface area (TPSA) is 179 Å². The van der Waals surface area contributed by atoms with Gasteiger partial charge in [0, 0.05) is 24.7 Å². The molecule has 2 aromatic rings. The summed E-state index contributed by atoms with van der Waals surface area (Å²) in [7, 11) is 0. The Hall–Kier alpha value is -3.73. The molecule has 0 spiro atoms. The monoisotopic (exact) mass is 486 g/mol. The van der Waals surface area contributed by atoms with Crippen LogP contribution in [0.1, 0.15) is 38.4 Å². The Kier molecular flexibility index (Phi) is 10.4. The molecule has 0 aliphatic heterocycles. The molecule has 5 atom stereocenters. The van der Waals surface area contributed by atoms with Crippen LogP contribution in [0.25, 0.3) is 0 Å². The van der Waals surface area contributed by atoms with E-state index in [4.69, 9.17) is 5.73 Å². The van der Waals surface area contributed by atoms with Crippen molar-refractivity contribution in [2.24, 2.45) is 11.7 Å². The zero-order valence-electron chi connectivity index (χ0n) is 20.2. The fourth-order valence-electron chi connectivity index (χ4n) is 3.33. The molecular weight excluding hydrogens is 452 g/mol. The summed E-state index contributed by atoms with van der Waals surface area (Å²) in [4.78, 5) is 56.7. The Balaban J connectivity index is 2.05. The molecule has 0 fully saturated rings. The summed E-state index contributed by atoms with van der Waals surface area (Å²) in [5.74, 6) is -3.03. The number of benzene rings is 1. The molecule has 0 aliphatic rings. The second-order valence-corrected chi connectivity index (χ2v) is 8.57. The molecule has 35 heavy (non-hydrogen) atoms. The van der Waals surface area contributed by atoms with Crippen molar-refractivity contribution >= 4 is 23.7 Å². The number of H-pyrrole nitrogens is 1. The van der Waals surface area contributed by atoms with E-state index in [2.05, 4.69) is 25.9 Å². The zero-order valence-corrected chi connectivity index (χ0v) is 20.2. The van der Waals surface area contributed by atoms with Crippen LogP contribution in [-0.4, -0.2) is 62.9 Å². The first-order chi connectivity index (χ1) is 16.6. The highest BCUT2D eigenvalue weighted by atomic mass is 16.4. The molecule has 0 saturated heterocycles. The fourth-order valence-corrected chi connectivity index (χ4v) is 3.33. The summed E-state index contributed by atoms with van der Waals surface area (Å²) in [5, 5.41) is 17.2. The molecule has 0 radical (unpaired) electrons. The van der Waals surface area contributed by atoms with Crippen LogP contribution in [0, 0.1) is 5.92 Å². The second kappa shape index (κ2) is 13.2. The number of aromatic amines is 1. The predicted molar refractivity (Wildman–Crippen MR) is 129 cm³/mol. The van der Waals surface area contributed by atoms with Crippen LogP contribution < -0.4 is 21.7 Å². The highest BCUT2D eigenvalue weighted by Gasteiger charge is 2.29. The molecule has 3 amide bonds. The Labute approximate surface area is 204 Å². The number of imidazole rings is 1. The number of carboxylic acid groups (broad SMARTS) is 1. The number of amides is 3. The van der Waals surface area contributed by atoms with Gasteiger partial charge in [-0.2, -0.15) is 0 Å². The summed E-state index contributed by atoms with van der Waals surface area (Å²) < 4.78 is 0. The van der Waals surface area contributed by atoms with Gasteiger partial charge in [0.1, 0.15) is 18.1 Å². The van der Waals surface area contributed by atoms with Gasteiger partial charge < -0.3 is 31.8 Å². The van der Waals surface area contributed by atoms with Gasteiger partial charge in [0.25, 0.3) is 0 Å². The van der Waals surface area contributed by atoms with E-state index in [1.54, 1.807) is 24.3 Å². The molecular formula is C24H34N6O5. The van der Waals surface area contributed by atoms with E-state index in [9.17, 15) is 24.3 Å². The highest BCUT2D eigenvalue weighted by molar-refractivity contribution is 5.94. The lowest BCUT2D eigenvalue weighted by molar-refractivity contribution is -0.142. The summed E-state index contributed by atoms with van der Waals surface area (Å²) in [6.07, 6.45) is 3.86. The number of carbonyl (C=O) groups excluding carboxylic acids is 3. The lowest BCUT2D eigenvalue weighted by Crippen LogP contribution is -2.57. The van der Waals surface area contributed by atoms with Crippen molar-refractivity contribution in [2.45, 2.75) is 64.2 Å². The average Bonchev–Trinajstić information content (AvgIpc) is 3.35. The van der Waals surface area contributed by atoms with E-state index in [-0.39, 0.29) is 18.8 Å². The maximum atomic E-state index is 13.0. The standard InChI is InChI=1S/C24H34N6O5/c1-4-14(2)20(25)23(33)29-18(11-17-12-26-13-27-17)22(32)28-15(3)21(31)30-19(24(34)35)10-16-8-6-5-7-9-16/h5-9,12-15,18-20H,4,10-11,25H2,1-3H3,(H,26,27)(H,28,32)(H,29,33)(H,30,31)(H,34,35). The third kappa shape index (κ3) is 8.53. The number of nitrogens with zero attached hydrogens (tertiary/aromatic N) is 1. The quantitative estimate of drug-likeness (QED) is 0.233. The SMILES string of the molecule is CCC(C)C(N)C(=O)NC(Cc1cnc[nH]1)C(=O)NC(C)C(=O)NC(Cc1ccccc1)C(=O)O. The van der Waals surface area contributed by atoms with Crippen molar-refractivity contribution in [2.75, 3.05) is 0 Å². The second-order valence-electron chi connectivity index (χ2n) is 8.57. The maximum absolute atomic E-state index is 13.0. The number of carbonyl (C=O) groups is 4. The van der Waals surface area contributed by atoms with E-state index in [1.807, 2.05) is 19.9 Å². The summed E-state index contributed by atoms with van der Waals surface area (Å²) in [6.45, 7) is 5.19. The first-order valence-electron chi connectivity index (χ1n) is 11.5. The van der Waals surface area contributed by atoms with Gasteiger partial charge >= 0.3 is 5.97 Å². The minimum atomic E-state index is -1.19. The maximum Gasteiger partial charge on any atom is 0.326 e. The van der Waals surface area contributed by atoms with Crippen LogP contribution >= 0.6 is 0 Å². The molecule has 5 unspecified atom stereocenters. The number of hydrogen-bond acceptors (Lipinski definition) is 6. The lowest BCUT2D eigenvalue weighted by Gasteiger charge is -2.24. The molecule has 190 valence electrons. The van der Waals surface area contributed by atoms with Gasteiger partial charge in [0.2, 0.25) is 17.7 Å². The number of hydrogen-bond donors (Lipinski definition) is 6. The van der Waals surface area contributed by atoms with E-state index in [0.29, 0.717) is 12.1 Å². The highest BCUT2D eigenvalue weighted by Crippen LogP contribution is 2.08. The number of rotatable bonds is 13. The van der Waals surface area contributed by atoms with Crippen LogP contribution in [0.3, 0.4) is 0 Å². The number of nitrogens with one attached hydrogen (secondary N) is 4. The summed E-state index contributed by atoms with van der Waals surface area (Å²) >= 11 is 0. The zero-order chi connectivity index (χ0) is 26.0. The molecule has 0 aliphatic carbocycles. The average molecular weight is 487 g/mol. The largest absolute Gasteiger partial charge is 0.480 e. The van der Waals surface area contributed by atoms with Gasteiger partial charge in [-0.3, -0.25) is 14.4 Å². The molecule has 0 saturated carbocycles. The molecule has 1 aromatic heterocycles. The first-order valence-corrected chi connectivity index (χ1v) is 11.5. The fraction of sp³-hybridized carbons (Fsp3) is 0.458. The molecule has 0 bridgehead atoms. The minimum Gasteiger partial charge on any atom is -0.480 e. The van der Waals surface area contributed by atoms with Crippen LogP contribution in [0.15, 0.2) is 42.9 Å². The van der Waals surface area contributed by atoms with Gasteiger partial charge in [-0.25, -0.2) is 9.78 Å². The van der Waals surface area contributed by atoms with Gasteiger partial charge in [-0.15, -0.1) is 0 Å². The number of nitrogens with two attached hydrogens (primary N) is 1. The Morgan fingerprint density at radius 3 is 2.20 bits per heavy atom. The van der Waals surface area contributed by atoms with Crippen LogP contribution in [0.2, 0.25) is 0 Å². The van der Waals surface area contributed by atoms with Gasteiger partial charge in [-0.05, 0) is 18.4 Å². The number of aliphatic carboxylic acids is 1. The molecule has 11 nitrogen and oxygen atoms in total. The van der Waals surface area contributed by atoms with Gasteiger partial charge in [0.05, 0.1) is 12.4 Å². The van der Waals surface area contributed by atoms with E-state index in [0.717, 1.165) is 5.56 Å². The predicted octanol–water partition coefficient (Wildman–Crippen LogP) is 0.127. The number of carboxylic acids is 1. The molecule has 7 N–H and O–H groups in total. The Morgan fingerprint density at radius 1 is 0.971 bits per heavy atom. The van der Waals surface area contributed by atoms with Crippen LogP contribution in [0.5, 0.6) is 0 Å². The van der Waals surface area contributed by atoms with Crippen molar-refractivity contribution in [1.82, 2.24) is 25.9 Å². The Morgan fingerprint density at radius 2 is 1.63 bits per heavy atom. The van der Waals surface area contributed by atoms with Crippen molar-refractivity contribution < 1.29 is 24.3 Å². The van der Waals surface area contributed by atoms with E-state index >= 15 is 0 Å². The third-order valence-corrected chi connectivity index (χ3v) is 5.82. The smallest absolute Gasteiger partial charge is 0.326 e. The van der Waals surface area contributed by atoms with Crippen molar-refractivity contribution in [3.63, 3.8) is 0 Å². The normalized spacial score (nSPS) is 15.2. The van der Waals surface area contributed by atoms with Gasteiger partial charge in [0.15, 0.2) is 0 Å². The van der Waals surface area contributed by atoms with Crippen molar-refractivity contribution in [1.29, 1.82) is 0 Å². The molecule has 1 heterocycles. The lowest BCUT2D eigenvalue weighted by atomic mass is 9.98. The molecule has 2 rings (SSSR count). The Bertz CT molecular complexity index is 982. The van der Waals surface area contributed by atoms with E-state index in [1.165, 1.54) is 19.4 Å². The van der Waals surface area contributed by atoms with Crippen LogP contribution in [-0.2, 0) is 32.0 Å².